The molecule has 8 nitrogen and oxygen atoms in total. The molecular weight excluding hydrogens is 310 g/mol. The third kappa shape index (κ3) is 3.32. The van der Waals surface area contributed by atoms with Crippen LogP contribution in [0.5, 0.6) is 5.75 Å². The van der Waals surface area contributed by atoms with Crippen LogP contribution >= 0.6 is 0 Å². The molecule has 0 aliphatic heterocycles. The molecule has 2 aromatic rings. The van der Waals surface area contributed by atoms with Gasteiger partial charge in [-0.2, -0.15) is 0 Å². The van der Waals surface area contributed by atoms with Crippen LogP contribution in [0.15, 0.2) is 17.3 Å². The smallest absolute Gasteiger partial charge is 0.294 e. The van der Waals surface area contributed by atoms with Crippen LogP contribution in [0.2, 0.25) is 0 Å². The number of aryl methyl sites for hydroxylation is 1. The molecule has 0 aromatic carbocycles. The quantitative estimate of drug-likeness (QED) is 0.782. The summed E-state index contributed by atoms with van der Waals surface area (Å²) < 4.78 is 1.70. The number of amides is 1. The number of nitrogens with zero attached hydrogens (tertiary/aromatic N) is 3. The van der Waals surface area contributed by atoms with Gasteiger partial charge in [-0.1, -0.05) is 6.92 Å². The first-order valence-electron chi connectivity index (χ1n) is 8.06. The van der Waals surface area contributed by atoms with Gasteiger partial charge in [-0.15, -0.1) is 0 Å². The second-order valence-corrected chi connectivity index (χ2v) is 6.47. The minimum absolute atomic E-state index is 0.0486. The van der Waals surface area contributed by atoms with E-state index in [4.69, 9.17) is 0 Å². The molecule has 0 spiro atoms. The van der Waals surface area contributed by atoms with Gasteiger partial charge in [0, 0.05) is 19.3 Å². The van der Waals surface area contributed by atoms with Gasteiger partial charge in [-0.25, -0.2) is 9.97 Å². The molecule has 1 fully saturated rings. The second-order valence-electron chi connectivity index (χ2n) is 6.47. The van der Waals surface area contributed by atoms with Crippen molar-refractivity contribution in [3.63, 3.8) is 0 Å². The first-order chi connectivity index (χ1) is 11.4. The molecule has 2 aromatic heterocycles. The van der Waals surface area contributed by atoms with E-state index in [9.17, 15) is 14.7 Å². The number of H-pyrrole nitrogens is 1. The monoisotopic (exact) mass is 331 g/mol. The van der Waals surface area contributed by atoms with E-state index >= 15 is 0 Å². The van der Waals surface area contributed by atoms with Crippen LogP contribution in [0.25, 0.3) is 11.5 Å². The van der Waals surface area contributed by atoms with E-state index < -0.39 is 17.2 Å². The summed E-state index contributed by atoms with van der Waals surface area (Å²) in [7, 11) is 1.78. The van der Waals surface area contributed by atoms with Crippen molar-refractivity contribution in [3.8, 4) is 17.3 Å². The number of carbonyl (C=O) groups is 1. The molecule has 0 radical (unpaired) electrons. The Balaban J connectivity index is 1.85. The van der Waals surface area contributed by atoms with Crippen LogP contribution in [-0.2, 0) is 7.05 Å². The standard InChI is InChI=1S/C16H21N5O3/c1-9-3-5-10(6-4-9)18-15(23)12-13(22)16(24)20-14(19-12)11-7-21(2)8-17-11/h7-10,22H,3-6H2,1-2H3,(H,18,23)(H,19,20,24). The number of imidazole rings is 1. The van der Waals surface area contributed by atoms with E-state index in [0.29, 0.717) is 11.6 Å². The average molecular weight is 331 g/mol. The van der Waals surface area contributed by atoms with Crippen LogP contribution < -0.4 is 10.9 Å². The molecule has 1 aliphatic rings. The lowest BCUT2D eigenvalue weighted by Gasteiger charge is -2.26. The van der Waals surface area contributed by atoms with Gasteiger partial charge in [0.1, 0.15) is 5.69 Å². The van der Waals surface area contributed by atoms with Crippen molar-refractivity contribution in [1.82, 2.24) is 24.8 Å². The first kappa shape index (κ1) is 16.2. The summed E-state index contributed by atoms with van der Waals surface area (Å²) in [6.45, 7) is 2.20. The predicted octanol–water partition coefficient (Wildman–Crippen LogP) is 1.18. The van der Waals surface area contributed by atoms with Crippen molar-refractivity contribution in [2.24, 2.45) is 13.0 Å². The number of hydrogen-bond donors (Lipinski definition) is 3. The summed E-state index contributed by atoms with van der Waals surface area (Å²) in [4.78, 5) is 35.0. The Labute approximate surface area is 139 Å². The van der Waals surface area contributed by atoms with Crippen molar-refractivity contribution >= 4 is 5.91 Å². The highest BCUT2D eigenvalue weighted by atomic mass is 16.3. The normalized spacial score (nSPS) is 20.8. The summed E-state index contributed by atoms with van der Waals surface area (Å²) in [5.74, 6) is -0.382. The summed E-state index contributed by atoms with van der Waals surface area (Å²) in [5.41, 5.74) is -0.596. The number of aromatic hydroxyl groups is 1. The lowest BCUT2D eigenvalue weighted by Crippen LogP contribution is -2.38. The van der Waals surface area contributed by atoms with E-state index in [2.05, 4.69) is 27.2 Å². The number of aromatic nitrogens is 4. The molecule has 0 atom stereocenters. The molecule has 3 rings (SSSR count). The van der Waals surface area contributed by atoms with Crippen LogP contribution in [-0.4, -0.2) is 36.6 Å². The molecule has 1 saturated carbocycles. The molecule has 0 saturated heterocycles. The van der Waals surface area contributed by atoms with Gasteiger partial charge in [-0.3, -0.25) is 9.59 Å². The molecule has 1 aliphatic carbocycles. The van der Waals surface area contributed by atoms with Crippen LogP contribution in [0.4, 0.5) is 0 Å². The summed E-state index contributed by atoms with van der Waals surface area (Å²) >= 11 is 0. The fourth-order valence-electron chi connectivity index (χ4n) is 2.94. The van der Waals surface area contributed by atoms with E-state index in [1.807, 2.05) is 0 Å². The fourth-order valence-corrected chi connectivity index (χ4v) is 2.94. The SMILES string of the molecule is CC1CCC(NC(=O)c2nc(-c3cn(C)cn3)[nH]c(=O)c2O)CC1. The van der Waals surface area contributed by atoms with Gasteiger partial charge in [0.15, 0.2) is 11.5 Å². The number of hydrogen-bond acceptors (Lipinski definition) is 5. The Kier molecular flexibility index (Phi) is 4.37. The molecule has 128 valence electrons. The predicted molar refractivity (Wildman–Crippen MR) is 87.6 cm³/mol. The zero-order valence-corrected chi connectivity index (χ0v) is 13.7. The maximum atomic E-state index is 12.4. The topological polar surface area (TPSA) is 113 Å². The zero-order chi connectivity index (χ0) is 17.3. The molecule has 0 bridgehead atoms. The molecule has 3 N–H and O–H groups in total. The third-order valence-corrected chi connectivity index (χ3v) is 4.41. The average Bonchev–Trinajstić information content (AvgIpc) is 2.98. The molecule has 8 heteroatoms. The molecule has 0 unspecified atom stereocenters. The maximum absolute atomic E-state index is 12.4. The number of nitrogens with one attached hydrogen (secondary N) is 2. The Morgan fingerprint density at radius 1 is 1.38 bits per heavy atom. The highest BCUT2D eigenvalue weighted by molar-refractivity contribution is 5.95. The van der Waals surface area contributed by atoms with Crippen molar-refractivity contribution in [2.75, 3.05) is 0 Å². The summed E-state index contributed by atoms with van der Waals surface area (Å²) in [6, 6.07) is 0.0486. The van der Waals surface area contributed by atoms with Crippen LogP contribution in [0, 0.1) is 5.92 Å². The highest BCUT2D eigenvalue weighted by Crippen LogP contribution is 2.24. The second kappa shape index (κ2) is 6.46. The van der Waals surface area contributed by atoms with Gasteiger partial charge in [0.05, 0.1) is 6.33 Å². The fraction of sp³-hybridized carbons (Fsp3) is 0.500. The van der Waals surface area contributed by atoms with Crippen LogP contribution in [0.3, 0.4) is 0 Å². The number of rotatable bonds is 3. The Bertz CT molecular complexity index is 802. The maximum Gasteiger partial charge on any atom is 0.294 e. The van der Waals surface area contributed by atoms with E-state index in [1.54, 1.807) is 24.1 Å². The van der Waals surface area contributed by atoms with Crippen molar-refractivity contribution in [2.45, 2.75) is 38.6 Å². The Morgan fingerprint density at radius 2 is 2.08 bits per heavy atom. The lowest BCUT2D eigenvalue weighted by atomic mass is 9.87. The van der Waals surface area contributed by atoms with Gasteiger partial charge in [-0.05, 0) is 31.6 Å². The molecule has 2 heterocycles. The Morgan fingerprint density at radius 3 is 2.71 bits per heavy atom. The molecule has 1 amide bonds. The largest absolute Gasteiger partial charge is 0.501 e. The van der Waals surface area contributed by atoms with Crippen molar-refractivity contribution in [1.29, 1.82) is 0 Å². The van der Waals surface area contributed by atoms with Crippen molar-refractivity contribution in [3.05, 3.63) is 28.6 Å². The van der Waals surface area contributed by atoms with E-state index in [0.717, 1.165) is 25.7 Å². The zero-order valence-electron chi connectivity index (χ0n) is 13.7. The van der Waals surface area contributed by atoms with Gasteiger partial charge in [0.2, 0.25) is 5.75 Å². The first-order valence-corrected chi connectivity index (χ1v) is 8.06. The van der Waals surface area contributed by atoms with E-state index in [-0.39, 0.29) is 17.6 Å². The summed E-state index contributed by atoms with van der Waals surface area (Å²) in [5, 5.41) is 12.8. The minimum Gasteiger partial charge on any atom is -0.501 e. The lowest BCUT2D eigenvalue weighted by molar-refractivity contribution is 0.0914. The van der Waals surface area contributed by atoms with Gasteiger partial charge < -0.3 is 20.0 Å². The minimum atomic E-state index is -0.756. The summed E-state index contributed by atoms with van der Waals surface area (Å²) in [6.07, 6.45) is 7.12. The van der Waals surface area contributed by atoms with Gasteiger partial charge >= 0.3 is 0 Å². The number of aromatic amines is 1. The molecular formula is C16H21N5O3. The number of carbonyl (C=O) groups excluding carboxylic acids is 1. The van der Waals surface area contributed by atoms with Crippen molar-refractivity contribution < 1.29 is 9.90 Å². The third-order valence-electron chi connectivity index (χ3n) is 4.41. The highest BCUT2D eigenvalue weighted by Gasteiger charge is 2.24. The molecule has 24 heavy (non-hydrogen) atoms. The Hall–Kier alpha value is -2.64. The van der Waals surface area contributed by atoms with Crippen LogP contribution in [0.1, 0.15) is 43.1 Å². The van der Waals surface area contributed by atoms with Gasteiger partial charge in [0.25, 0.3) is 11.5 Å². The van der Waals surface area contributed by atoms with E-state index in [1.165, 1.54) is 0 Å².